The van der Waals surface area contributed by atoms with Crippen LogP contribution in [-0.4, -0.2) is 73.1 Å². The number of oxazole rings is 1. The second kappa shape index (κ2) is 10.2. The highest BCUT2D eigenvalue weighted by Gasteiger charge is 2.43. The van der Waals surface area contributed by atoms with Gasteiger partial charge in [0.1, 0.15) is 11.3 Å². The van der Waals surface area contributed by atoms with Crippen LogP contribution in [0, 0.1) is 18.8 Å². The third-order valence-electron chi connectivity index (χ3n) is 9.39. The van der Waals surface area contributed by atoms with Crippen molar-refractivity contribution in [2.24, 2.45) is 11.8 Å². The third-order valence-corrected chi connectivity index (χ3v) is 9.39. The first-order valence-electron chi connectivity index (χ1n) is 14.6. The lowest BCUT2D eigenvalue weighted by Gasteiger charge is -2.26. The van der Waals surface area contributed by atoms with Gasteiger partial charge in [-0.2, -0.15) is 0 Å². The first-order chi connectivity index (χ1) is 20.3. The predicted molar refractivity (Wildman–Crippen MR) is 160 cm³/mol. The largest absolute Gasteiger partial charge is 0.464 e. The van der Waals surface area contributed by atoms with Crippen molar-refractivity contribution >= 4 is 34.5 Å². The zero-order valence-corrected chi connectivity index (χ0v) is 24.2. The minimum atomic E-state index is -0.445. The quantitative estimate of drug-likeness (QED) is 0.322. The van der Waals surface area contributed by atoms with E-state index < -0.39 is 5.97 Å². The molecule has 0 bridgehead atoms. The average molecular weight is 566 g/mol. The van der Waals surface area contributed by atoms with Gasteiger partial charge in [-0.15, -0.1) is 0 Å². The molecule has 0 N–H and O–H groups in total. The first-order valence-corrected chi connectivity index (χ1v) is 14.6. The second-order valence-electron chi connectivity index (χ2n) is 12.2. The van der Waals surface area contributed by atoms with E-state index >= 15 is 0 Å². The summed E-state index contributed by atoms with van der Waals surface area (Å²) in [6.07, 6.45) is 1.08. The highest BCUT2D eigenvalue weighted by molar-refractivity contribution is 5.94. The molecule has 4 aromatic rings. The van der Waals surface area contributed by atoms with Crippen molar-refractivity contribution in [3.05, 3.63) is 83.4 Å². The van der Waals surface area contributed by atoms with Crippen LogP contribution in [0.3, 0.4) is 0 Å². The number of methoxy groups -OCH3 is 1. The Morgan fingerprint density at radius 1 is 0.952 bits per heavy atom. The third kappa shape index (κ3) is 4.57. The molecule has 3 saturated heterocycles. The number of hydrogen-bond donors (Lipinski definition) is 0. The number of pyridine rings is 1. The molecule has 42 heavy (non-hydrogen) atoms. The van der Waals surface area contributed by atoms with Crippen LogP contribution in [0.25, 0.3) is 11.1 Å². The Hall–Kier alpha value is -4.40. The van der Waals surface area contributed by atoms with E-state index in [0.29, 0.717) is 36.2 Å². The number of benzene rings is 2. The normalized spacial score (nSPS) is 23.5. The van der Waals surface area contributed by atoms with Crippen LogP contribution >= 0.6 is 0 Å². The Bertz CT molecular complexity index is 1660. The van der Waals surface area contributed by atoms with E-state index in [1.54, 1.807) is 6.07 Å². The van der Waals surface area contributed by atoms with Crippen LogP contribution in [0.4, 0.5) is 11.5 Å². The van der Waals surface area contributed by atoms with Crippen LogP contribution in [0.15, 0.2) is 65.1 Å². The first kappa shape index (κ1) is 26.5. The van der Waals surface area contributed by atoms with Gasteiger partial charge in [-0.1, -0.05) is 43.3 Å². The van der Waals surface area contributed by atoms with Crippen molar-refractivity contribution in [3.63, 3.8) is 0 Å². The molecule has 9 heteroatoms. The fourth-order valence-corrected chi connectivity index (χ4v) is 7.01. The van der Waals surface area contributed by atoms with Gasteiger partial charge in [-0.05, 0) is 42.7 Å². The Balaban J connectivity index is 1.04. The Kier molecular flexibility index (Phi) is 6.40. The minimum Gasteiger partial charge on any atom is -0.464 e. The number of likely N-dealkylation sites (tertiary alicyclic amines) is 1. The highest BCUT2D eigenvalue weighted by Crippen LogP contribution is 2.38. The maximum Gasteiger partial charge on any atom is 0.356 e. The van der Waals surface area contributed by atoms with Crippen LogP contribution in [0.1, 0.15) is 45.6 Å². The maximum atomic E-state index is 13.5. The summed E-state index contributed by atoms with van der Waals surface area (Å²) in [5.74, 6) is 0.966. The van der Waals surface area contributed by atoms with Crippen molar-refractivity contribution in [3.8, 4) is 0 Å². The number of rotatable bonds is 5. The summed E-state index contributed by atoms with van der Waals surface area (Å²) in [5.41, 5.74) is 5.27. The van der Waals surface area contributed by atoms with Gasteiger partial charge >= 0.3 is 11.9 Å². The molecule has 7 rings (SSSR count). The molecule has 5 heterocycles. The molecule has 216 valence electrons. The average Bonchev–Trinajstić information content (AvgIpc) is 3.79. The summed E-state index contributed by atoms with van der Waals surface area (Å²) in [6, 6.07) is 20.3. The maximum absolute atomic E-state index is 13.5. The van der Waals surface area contributed by atoms with E-state index in [4.69, 9.17) is 9.15 Å². The Morgan fingerprint density at radius 2 is 1.71 bits per heavy atom. The van der Waals surface area contributed by atoms with E-state index in [9.17, 15) is 9.59 Å². The van der Waals surface area contributed by atoms with Crippen molar-refractivity contribution in [1.29, 1.82) is 0 Å². The van der Waals surface area contributed by atoms with E-state index in [2.05, 4.69) is 63.1 Å². The zero-order valence-electron chi connectivity index (χ0n) is 24.2. The number of carbonyl (C=O) groups is 2. The number of nitrogens with zero attached hydrogens (tertiary/aromatic N) is 5. The van der Waals surface area contributed by atoms with Crippen LogP contribution < -0.4 is 9.80 Å². The molecule has 1 amide bonds. The standard InChI is InChI=1S/C33H35N5O4/c1-21-14-25(36-13-12-33(2,20-36)24-8-5-4-6-9-24)15-27-29(21)35-30(42-27)31(39)38-18-22-16-37(17-23(22)19-38)28-11-7-10-26(34-28)32(40)41-3/h4-11,14-15,22-23H,12-13,16-20H2,1-3H3. The molecule has 0 radical (unpaired) electrons. The smallest absolute Gasteiger partial charge is 0.356 e. The lowest BCUT2D eigenvalue weighted by atomic mass is 9.82. The van der Waals surface area contributed by atoms with Crippen LogP contribution in [0.2, 0.25) is 0 Å². The number of carbonyl (C=O) groups excluding carboxylic acids is 2. The summed E-state index contributed by atoms with van der Waals surface area (Å²) in [7, 11) is 1.36. The molecule has 3 aliphatic heterocycles. The van der Waals surface area contributed by atoms with Crippen LogP contribution in [0.5, 0.6) is 0 Å². The summed E-state index contributed by atoms with van der Waals surface area (Å²) in [4.78, 5) is 41.1. The van der Waals surface area contributed by atoms with E-state index in [0.717, 1.165) is 55.2 Å². The number of hydrogen-bond acceptors (Lipinski definition) is 8. The molecule has 3 fully saturated rings. The molecular formula is C33H35N5O4. The van der Waals surface area contributed by atoms with Gasteiger partial charge in [-0.25, -0.2) is 14.8 Å². The SMILES string of the molecule is COC(=O)c1cccc(N2CC3CN(C(=O)c4nc5c(C)cc(N6CCC(C)(c7ccccc7)C6)cc5o4)CC3C2)n1. The van der Waals surface area contributed by atoms with E-state index in [1.165, 1.54) is 12.7 Å². The van der Waals surface area contributed by atoms with Gasteiger partial charge in [0.05, 0.1) is 7.11 Å². The van der Waals surface area contributed by atoms with Crippen molar-refractivity contribution < 1.29 is 18.7 Å². The second-order valence-corrected chi connectivity index (χ2v) is 12.2. The summed E-state index contributed by atoms with van der Waals surface area (Å²) in [5, 5.41) is 0. The van der Waals surface area contributed by atoms with Crippen LogP contribution in [-0.2, 0) is 10.2 Å². The molecule has 0 spiro atoms. The fraction of sp³-hybridized carbons (Fsp3) is 0.394. The number of esters is 1. The van der Waals surface area contributed by atoms with Gasteiger partial charge in [0, 0.05) is 68.3 Å². The number of aromatic nitrogens is 2. The van der Waals surface area contributed by atoms with Gasteiger partial charge in [0.25, 0.3) is 5.89 Å². The molecule has 9 nitrogen and oxygen atoms in total. The van der Waals surface area contributed by atoms with Gasteiger partial charge in [-0.3, -0.25) is 4.79 Å². The zero-order chi connectivity index (χ0) is 29.0. The van der Waals surface area contributed by atoms with E-state index in [-0.39, 0.29) is 17.2 Å². The van der Waals surface area contributed by atoms with E-state index in [1.807, 2.05) is 30.0 Å². The number of amides is 1. The molecular weight excluding hydrogens is 530 g/mol. The van der Waals surface area contributed by atoms with Crippen molar-refractivity contribution in [1.82, 2.24) is 14.9 Å². The number of anilines is 2. The molecule has 3 aliphatic rings. The molecule has 2 aromatic carbocycles. The number of ether oxygens (including phenoxy) is 1. The Morgan fingerprint density at radius 3 is 2.45 bits per heavy atom. The van der Waals surface area contributed by atoms with Gasteiger partial charge < -0.3 is 23.9 Å². The molecule has 2 aromatic heterocycles. The molecule has 3 unspecified atom stereocenters. The van der Waals surface area contributed by atoms with Crippen molar-refractivity contribution in [2.75, 3.05) is 56.2 Å². The lowest BCUT2D eigenvalue weighted by molar-refractivity contribution is 0.0593. The monoisotopic (exact) mass is 565 g/mol. The van der Waals surface area contributed by atoms with Gasteiger partial charge in [0.2, 0.25) is 0 Å². The van der Waals surface area contributed by atoms with Crippen molar-refractivity contribution in [2.45, 2.75) is 25.7 Å². The molecule has 3 atom stereocenters. The number of aryl methyl sites for hydroxylation is 1. The number of fused-ring (bicyclic) bond motifs is 2. The fourth-order valence-electron chi connectivity index (χ4n) is 7.01. The summed E-state index contributed by atoms with van der Waals surface area (Å²) >= 11 is 0. The highest BCUT2D eigenvalue weighted by atomic mass is 16.5. The predicted octanol–water partition coefficient (Wildman–Crippen LogP) is 4.69. The Labute approximate surface area is 245 Å². The lowest BCUT2D eigenvalue weighted by Crippen LogP contribution is -2.33. The van der Waals surface area contributed by atoms with Gasteiger partial charge in [0.15, 0.2) is 11.3 Å². The summed E-state index contributed by atoms with van der Waals surface area (Å²) in [6.45, 7) is 9.10. The topological polar surface area (TPSA) is 92.0 Å². The molecule has 0 aliphatic carbocycles. The molecule has 0 saturated carbocycles. The summed E-state index contributed by atoms with van der Waals surface area (Å²) < 4.78 is 10.9. The minimum absolute atomic E-state index is 0.0935.